The average Bonchev–Trinajstić information content (AvgIpc) is 3.33. The summed E-state index contributed by atoms with van der Waals surface area (Å²) in [4.78, 5) is 24.5. The van der Waals surface area contributed by atoms with Crippen molar-refractivity contribution in [3.63, 3.8) is 0 Å². The van der Waals surface area contributed by atoms with E-state index in [0.29, 0.717) is 19.4 Å². The summed E-state index contributed by atoms with van der Waals surface area (Å²) in [6.07, 6.45) is 69.2. The lowest BCUT2D eigenvalue weighted by Crippen LogP contribution is -2.45. The van der Waals surface area contributed by atoms with Crippen LogP contribution in [0.5, 0.6) is 0 Å². The zero-order valence-corrected chi connectivity index (χ0v) is 45.1. The number of carbonyl (C=O) groups is 2. The van der Waals surface area contributed by atoms with Crippen molar-refractivity contribution < 1.29 is 24.5 Å². The van der Waals surface area contributed by atoms with Crippen molar-refractivity contribution in [3.8, 4) is 0 Å². The summed E-state index contributed by atoms with van der Waals surface area (Å²) in [5, 5.41) is 23.1. The molecule has 0 aromatic carbocycles. The van der Waals surface area contributed by atoms with E-state index in [4.69, 9.17) is 4.74 Å². The van der Waals surface area contributed by atoms with Gasteiger partial charge < -0.3 is 20.3 Å². The molecule has 0 radical (unpaired) electrons. The van der Waals surface area contributed by atoms with Crippen molar-refractivity contribution >= 4 is 11.9 Å². The third kappa shape index (κ3) is 53.5. The maximum Gasteiger partial charge on any atom is 0.305 e. The van der Waals surface area contributed by atoms with Crippen LogP contribution >= 0.6 is 0 Å². The molecule has 2 unspecified atom stereocenters. The molecule has 0 saturated heterocycles. The molecule has 0 aromatic heterocycles. The van der Waals surface area contributed by atoms with Crippen LogP contribution in [-0.2, 0) is 14.3 Å². The fraction of sp³-hybridized carbons (Fsp3) is 0.902. The van der Waals surface area contributed by atoms with E-state index in [1.54, 1.807) is 6.08 Å². The lowest BCUT2D eigenvalue weighted by molar-refractivity contribution is -0.143. The minimum atomic E-state index is -0.846. The van der Waals surface area contributed by atoms with Gasteiger partial charge >= 0.3 is 5.97 Å². The molecule has 0 rings (SSSR count). The maximum atomic E-state index is 12.4. The van der Waals surface area contributed by atoms with E-state index in [2.05, 4.69) is 31.3 Å². The van der Waals surface area contributed by atoms with Gasteiger partial charge in [-0.25, -0.2) is 0 Å². The van der Waals surface area contributed by atoms with Gasteiger partial charge in [-0.3, -0.25) is 9.59 Å². The fourth-order valence-corrected chi connectivity index (χ4v) is 9.34. The second-order valence-corrected chi connectivity index (χ2v) is 20.7. The summed E-state index contributed by atoms with van der Waals surface area (Å²) in [6.45, 7) is 4.90. The number of nitrogens with one attached hydrogen (secondary N) is 1. The van der Waals surface area contributed by atoms with E-state index in [1.165, 1.54) is 257 Å². The number of amides is 1. The van der Waals surface area contributed by atoms with Crippen LogP contribution in [0.1, 0.15) is 328 Å². The highest BCUT2D eigenvalue weighted by atomic mass is 16.5. The number of esters is 1. The lowest BCUT2D eigenvalue weighted by Gasteiger charge is -2.20. The number of hydrogen-bond donors (Lipinski definition) is 3. The SMILES string of the molecule is CCCCCCCC/C=C\CCCCCCCCCC(=O)OCCCCCCCCCCCCCCCCCCCCCC(=O)NC(CO)C(O)/C=C/CCCCCCCCCCCCCC. The number of carbonyl (C=O) groups excluding carboxylic acids is 2. The molecule has 0 aliphatic rings. The number of rotatable bonds is 56. The van der Waals surface area contributed by atoms with Crippen LogP contribution in [0.2, 0.25) is 0 Å². The minimum absolute atomic E-state index is 0.00522. The molecule has 0 aromatic rings. The van der Waals surface area contributed by atoms with Crippen LogP contribution in [0.3, 0.4) is 0 Å². The molecule has 0 aliphatic heterocycles. The van der Waals surface area contributed by atoms with Crippen LogP contribution in [0.4, 0.5) is 0 Å². The van der Waals surface area contributed by atoms with E-state index >= 15 is 0 Å². The molecule has 2 atom stereocenters. The molecule has 1 amide bonds. The average molecular weight is 945 g/mol. The summed E-state index contributed by atoms with van der Waals surface area (Å²) in [7, 11) is 0. The van der Waals surface area contributed by atoms with Gasteiger partial charge in [-0.1, -0.05) is 282 Å². The van der Waals surface area contributed by atoms with Crippen LogP contribution in [0.25, 0.3) is 0 Å². The van der Waals surface area contributed by atoms with Crippen molar-refractivity contribution in [1.82, 2.24) is 5.32 Å². The Hall–Kier alpha value is -1.66. The smallest absolute Gasteiger partial charge is 0.305 e. The molecule has 0 spiro atoms. The predicted molar refractivity (Wildman–Crippen MR) is 292 cm³/mol. The third-order valence-electron chi connectivity index (χ3n) is 14.0. The molecular weight excluding hydrogens is 827 g/mol. The van der Waals surface area contributed by atoms with Gasteiger partial charge in [0, 0.05) is 12.8 Å². The predicted octanol–water partition coefficient (Wildman–Crippen LogP) is 18.6. The lowest BCUT2D eigenvalue weighted by atomic mass is 10.0. The number of aliphatic hydroxyl groups is 2. The Bertz CT molecular complexity index is 1040. The topological polar surface area (TPSA) is 95.9 Å². The summed E-state index contributed by atoms with van der Waals surface area (Å²) >= 11 is 0. The summed E-state index contributed by atoms with van der Waals surface area (Å²) in [5.74, 6) is -0.0646. The highest BCUT2D eigenvalue weighted by Crippen LogP contribution is 2.17. The fourth-order valence-electron chi connectivity index (χ4n) is 9.34. The van der Waals surface area contributed by atoms with E-state index in [0.717, 1.165) is 44.9 Å². The highest BCUT2D eigenvalue weighted by molar-refractivity contribution is 5.76. The Balaban J connectivity index is 3.40. The minimum Gasteiger partial charge on any atom is -0.466 e. The zero-order valence-electron chi connectivity index (χ0n) is 45.1. The Labute approximate surface area is 418 Å². The Morgan fingerprint density at radius 3 is 1.06 bits per heavy atom. The number of aliphatic hydroxyl groups excluding tert-OH is 2. The number of unbranched alkanes of at least 4 members (excludes halogenated alkanes) is 43. The second kappa shape index (κ2) is 56.9. The molecule has 6 heteroatoms. The van der Waals surface area contributed by atoms with Gasteiger partial charge in [-0.05, 0) is 57.8 Å². The van der Waals surface area contributed by atoms with Gasteiger partial charge in [0.15, 0.2) is 0 Å². The first kappa shape index (κ1) is 65.3. The van der Waals surface area contributed by atoms with Crippen LogP contribution < -0.4 is 5.32 Å². The summed E-state index contributed by atoms with van der Waals surface area (Å²) in [6, 6.07) is -0.629. The molecule has 0 heterocycles. The van der Waals surface area contributed by atoms with E-state index in [1.807, 2.05) is 6.08 Å². The number of allylic oxidation sites excluding steroid dienone is 3. The van der Waals surface area contributed by atoms with Gasteiger partial charge in [-0.15, -0.1) is 0 Å². The molecule has 0 fully saturated rings. The molecule has 0 saturated carbocycles. The van der Waals surface area contributed by atoms with Gasteiger partial charge in [0.1, 0.15) is 0 Å². The first-order valence-electron chi connectivity index (χ1n) is 30.1. The first-order chi connectivity index (χ1) is 33.0. The van der Waals surface area contributed by atoms with E-state index < -0.39 is 12.1 Å². The third-order valence-corrected chi connectivity index (χ3v) is 14.0. The normalized spacial score (nSPS) is 12.7. The van der Waals surface area contributed by atoms with Crippen molar-refractivity contribution in [2.24, 2.45) is 0 Å². The first-order valence-corrected chi connectivity index (χ1v) is 30.1. The molecule has 6 nitrogen and oxygen atoms in total. The van der Waals surface area contributed by atoms with Crippen LogP contribution in [0, 0.1) is 0 Å². The van der Waals surface area contributed by atoms with Gasteiger partial charge in [-0.2, -0.15) is 0 Å². The zero-order chi connectivity index (χ0) is 48.6. The molecular formula is C61H117NO5. The van der Waals surface area contributed by atoms with Gasteiger partial charge in [0.2, 0.25) is 5.91 Å². The van der Waals surface area contributed by atoms with Crippen molar-refractivity contribution in [2.75, 3.05) is 13.2 Å². The van der Waals surface area contributed by atoms with E-state index in [9.17, 15) is 19.8 Å². The number of ether oxygens (including phenoxy) is 1. The van der Waals surface area contributed by atoms with Crippen molar-refractivity contribution in [1.29, 1.82) is 0 Å². The molecule has 67 heavy (non-hydrogen) atoms. The Kier molecular flexibility index (Phi) is 55.5. The van der Waals surface area contributed by atoms with Gasteiger partial charge in [0.25, 0.3) is 0 Å². The standard InChI is InChI=1S/C61H117NO5/c1-3-5-7-9-11-13-15-17-19-23-27-31-35-39-43-47-51-55-61(66)67-56-52-48-44-40-36-32-28-25-22-20-21-24-26-30-34-38-42-46-50-54-60(65)62-58(57-63)59(64)53-49-45-41-37-33-29-18-16-14-12-10-8-6-4-2/h17,19,49,53,58-59,63-64H,3-16,18,20-48,50-52,54-57H2,1-2H3,(H,62,65)/b19-17-,53-49+. The van der Waals surface area contributed by atoms with Crippen LogP contribution in [-0.4, -0.2) is 47.4 Å². The highest BCUT2D eigenvalue weighted by Gasteiger charge is 2.18. The van der Waals surface area contributed by atoms with Crippen molar-refractivity contribution in [2.45, 2.75) is 341 Å². The quantitative estimate of drug-likeness (QED) is 0.0321. The van der Waals surface area contributed by atoms with Crippen LogP contribution in [0.15, 0.2) is 24.3 Å². The maximum absolute atomic E-state index is 12.4. The summed E-state index contributed by atoms with van der Waals surface area (Å²) in [5.41, 5.74) is 0. The molecule has 0 aliphatic carbocycles. The van der Waals surface area contributed by atoms with E-state index in [-0.39, 0.29) is 18.5 Å². The Morgan fingerprint density at radius 1 is 0.403 bits per heavy atom. The largest absolute Gasteiger partial charge is 0.466 e. The van der Waals surface area contributed by atoms with Crippen molar-refractivity contribution in [3.05, 3.63) is 24.3 Å². The summed E-state index contributed by atoms with van der Waals surface area (Å²) < 4.78 is 5.49. The Morgan fingerprint density at radius 2 is 0.701 bits per heavy atom. The monoisotopic (exact) mass is 944 g/mol. The van der Waals surface area contributed by atoms with Gasteiger partial charge in [0.05, 0.1) is 25.4 Å². The molecule has 3 N–H and O–H groups in total. The molecule has 0 bridgehead atoms. The number of hydrogen-bond acceptors (Lipinski definition) is 5. The second-order valence-electron chi connectivity index (χ2n) is 20.7. The molecule has 396 valence electrons.